The number of benzene rings is 1. The van der Waals surface area contributed by atoms with Gasteiger partial charge in [0.1, 0.15) is 11.8 Å². The molecule has 0 bridgehead atoms. The second kappa shape index (κ2) is 8.87. The standard InChI is InChI=1S/C17H23NO4/c1-4-5-6-14(17(20)21)18-16(19)9-10-22-15-11-12(2)7-8-13(15)3/h4,7-8,11,14H,1,5-6,9-10H2,2-3H3,(H,18,19)(H,20,21). The van der Waals surface area contributed by atoms with Gasteiger partial charge in [-0.15, -0.1) is 6.58 Å². The summed E-state index contributed by atoms with van der Waals surface area (Å²) in [6.45, 7) is 7.66. The van der Waals surface area contributed by atoms with Gasteiger partial charge in [-0.05, 0) is 43.9 Å². The lowest BCUT2D eigenvalue weighted by Gasteiger charge is -2.14. The molecule has 1 atom stereocenters. The summed E-state index contributed by atoms with van der Waals surface area (Å²) < 4.78 is 5.59. The molecule has 0 heterocycles. The number of nitrogens with one attached hydrogen (secondary N) is 1. The maximum atomic E-state index is 11.8. The lowest BCUT2D eigenvalue weighted by molar-refractivity contribution is -0.142. The van der Waals surface area contributed by atoms with E-state index in [1.165, 1.54) is 0 Å². The van der Waals surface area contributed by atoms with Crippen molar-refractivity contribution in [2.75, 3.05) is 6.61 Å². The number of hydrogen-bond donors (Lipinski definition) is 2. The molecule has 1 aromatic carbocycles. The van der Waals surface area contributed by atoms with Crippen LogP contribution in [-0.4, -0.2) is 29.6 Å². The Morgan fingerprint density at radius 2 is 2.14 bits per heavy atom. The molecular weight excluding hydrogens is 282 g/mol. The predicted octanol–water partition coefficient (Wildman–Crippen LogP) is 2.61. The molecule has 1 unspecified atom stereocenters. The average Bonchev–Trinajstić information content (AvgIpc) is 2.46. The summed E-state index contributed by atoms with van der Waals surface area (Å²) in [4.78, 5) is 22.8. The molecule has 120 valence electrons. The number of rotatable bonds is 9. The van der Waals surface area contributed by atoms with Crippen molar-refractivity contribution in [3.8, 4) is 5.75 Å². The zero-order valence-corrected chi connectivity index (χ0v) is 13.1. The number of aliphatic carboxylic acids is 1. The Labute approximate surface area is 131 Å². The third-order valence-corrected chi connectivity index (χ3v) is 3.22. The van der Waals surface area contributed by atoms with E-state index in [0.717, 1.165) is 16.9 Å². The molecule has 0 aliphatic heterocycles. The Morgan fingerprint density at radius 1 is 1.41 bits per heavy atom. The number of ether oxygens (including phenoxy) is 1. The zero-order valence-electron chi connectivity index (χ0n) is 13.1. The number of aryl methyl sites for hydroxylation is 2. The summed E-state index contributed by atoms with van der Waals surface area (Å²) >= 11 is 0. The molecule has 0 fully saturated rings. The number of carboxylic acids is 1. The van der Waals surface area contributed by atoms with Crippen LogP contribution in [0, 0.1) is 13.8 Å². The van der Waals surface area contributed by atoms with Gasteiger partial charge in [0.15, 0.2) is 0 Å². The number of carboxylic acid groups (broad SMARTS) is 1. The first kappa shape index (κ1) is 17.8. The van der Waals surface area contributed by atoms with Gasteiger partial charge >= 0.3 is 5.97 Å². The topological polar surface area (TPSA) is 75.6 Å². The van der Waals surface area contributed by atoms with E-state index in [1.54, 1.807) is 6.08 Å². The molecule has 5 nitrogen and oxygen atoms in total. The zero-order chi connectivity index (χ0) is 16.5. The third kappa shape index (κ3) is 5.99. The second-order valence-electron chi connectivity index (χ2n) is 5.19. The molecule has 5 heteroatoms. The molecule has 2 N–H and O–H groups in total. The molecule has 0 aliphatic carbocycles. The molecule has 0 spiro atoms. The first-order chi connectivity index (χ1) is 10.4. The van der Waals surface area contributed by atoms with E-state index < -0.39 is 12.0 Å². The molecule has 0 radical (unpaired) electrons. The monoisotopic (exact) mass is 305 g/mol. The van der Waals surface area contributed by atoms with Crippen LogP contribution < -0.4 is 10.1 Å². The molecule has 0 saturated carbocycles. The van der Waals surface area contributed by atoms with E-state index in [1.807, 2.05) is 32.0 Å². The second-order valence-corrected chi connectivity index (χ2v) is 5.19. The summed E-state index contributed by atoms with van der Waals surface area (Å²) in [6, 6.07) is 4.98. The van der Waals surface area contributed by atoms with Crippen LogP contribution in [0.2, 0.25) is 0 Å². The first-order valence-electron chi connectivity index (χ1n) is 7.27. The number of hydrogen-bond acceptors (Lipinski definition) is 3. The fourth-order valence-electron chi connectivity index (χ4n) is 1.92. The Morgan fingerprint density at radius 3 is 2.77 bits per heavy atom. The predicted molar refractivity (Wildman–Crippen MR) is 85.0 cm³/mol. The molecule has 0 aliphatic rings. The normalized spacial score (nSPS) is 11.5. The van der Waals surface area contributed by atoms with Gasteiger partial charge in [0.05, 0.1) is 13.0 Å². The lowest BCUT2D eigenvalue weighted by Crippen LogP contribution is -2.41. The van der Waals surface area contributed by atoms with Crippen LogP contribution in [0.4, 0.5) is 0 Å². The fraction of sp³-hybridized carbons (Fsp3) is 0.412. The highest BCUT2D eigenvalue weighted by molar-refractivity contribution is 5.83. The summed E-state index contributed by atoms with van der Waals surface area (Å²) in [7, 11) is 0. The van der Waals surface area contributed by atoms with Gasteiger partial charge < -0.3 is 15.2 Å². The van der Waals surface area contributed by atoms with E-state index in [-0.39, 0.29) is 18.9 Å². The molecule has 0 saturated heterocycles. The van der Waals surface area contributed by atoms with Crippen molar-refractivity contribution in [3.05, 3.63) is 42.0 Å². The van der Waals surface area contributed by atoms with E-state index >= 15 is 0 Å². The molecule has 0 aromatic heterocycles. The Bertz CT molecular complexity index is 539. The maximum absolute atomic E-state index is 11.8. The van der Waals surface area contributed by atoms with E-state index in [9.17, 15) is 9.59 Å². The van der Waals surface area contributed by atoms with Crippen LogP contribution in [0.5, 0.6) is 5.75 Å². The molecule has 1 amide bonds. The van der Waals surface area contributed by atoms with Gasteiger partial charge in [0.25, 0.3) is 0 Å². The Hall–Kier alpha value is -2.30. The Balaban J connectivity index is 2.43. The number of carbonyl (C=O) groups is 2. The number of carbonyl (C=O) groups excluding carboxylic acids is 1. The van der Waals surface area contributed by atoms with E-state index in [4.69, 9.17) is 9.84 Å². The van der Waals surface area contributed by atoms with Crippen molar-refractivity contribution in [2.45, 2.75) is 39.2 Å². The molecular formula is C17H23NO4. The first-order valence-corrected chi connectivity index (χ1v) is 7.27. The molecule has 1 rings (SSSR count). The number of allylic oxidation sites excluding steroid dienone is 1. The maximum Gasteiger partial charge on any atom is 0.326 e. The van der Waals surface area contributed by atoms with Crippen LogP contribution in [0.1, 0.15) is 30.4 Å². The lowest BCUT2D eigenvalue weighted by atomic mass is 10.1. The van der Waals surface area contributed by atoms with Gasteiger partial charge in [-0.2, -0.15) is 0 Å². The summed E-state index contributed by atoms with van der Waals surface area (Å²) in [6.07, 6.45) is 2.62. The van der Waals surface area contributed by atoms with E-state index in [0.29, 0.717) is 12.8 Å². The van der Waals surface area contributed by atoms with Gasteiger partial charge in [-0.3, -0.25) is 4.79 Å². The van der Waals surface area contributed by atoms with Gasteiger partial charge in [0.2, 0.25) is 5.91 Å². The SMILES string of the molecule is C=CCCC(NC(=O)CCOc1cc(C)ccc1C)C(=O)O. The van der Waals surface area contributed by atoms with Crippen LogP contribution >= 0.6 is 0 Å². The summed E-state index contributed by atoms with van der Waals surface area (Å²) in [5.41, 5.74) is 2.08. The van der Waals surface area contributed by atoms with Crippen molar-refractivity contribution in [3.63, 3.8) is 0 Å². The van der Waals surface area contributed by atoms with Gasteiger partial charge in [0, 0.05) is 0 Å². The smallest absolute Gasteiger partial charge is 0.326 e. The van der Waals surface area contributed by atoms with Crippen molar-refractivity contribution in [2.24, 2.45) is 0 Å². The minimum absolute atomic E-state index is 0.116. The van der Waals surface area contributed by atoms with Crippen molar-refractivity contribution in [1.29, 1.82) is 0 Å². The largest absolute Gasteiger partial charge is 0.493 e. The third-order valence-electron chi connectivity index (χ3n) is 3.22. The van der Waals surface area contributed by atoms with Crippen LogP contribution in [0.3, 0.4) is 0 Å². The highest BCUT2D eigenvalue weighted by atomic mass is 16.5. The Kier molecular flexibility index (Phi) is 7.16. The average molecular weight is 305 g/mol. The molecule has 1 aromatic rings. The highest BCUT2D eigenvalue weighted by Crippen LogP contribution is 2.19. The van der Waals surface area contributed by atoms with E-state index in [2.05, 4.69) is 11.9 Å². The highest BCUT2D eigenvalue weighted by Gasteiger charge is 2.18. The van der Waals surface area contributed by atoms with Gasteiger partial charge in [-0.25, -0.2) is 4.79 Å². The van der Waals surface area contributed by atoms with Crippen LogP contribution in [0.15, 0.2) is 30.9 Å². The number of amides is 1. The van der Waals surface area contributed by atoms with Crippen LogP contribution in [0.25, 0.3) is 0 Å². The summed E-state index contributed by atoms with van der Waals surface area (Å²) in [5.74, 6) is -0.623. The minimum atomic E-state index is -1.04. The van der Waals surface area contributed by atoms with Crippen molar-refractivity contribution < 1.29 is 19.4 Å². The summed E-state index contributed by atoms with van der Waals surface area (Å²) in [5, 5.41) is 11.5. The van der Waals surface area contributed by atoms with Crippen LogP contribution in [-0.2, 0) is 9.59 Å². The quantitative estimate of drug-likeness (QED) is 0.688. The van der Waals surface area contributed by atoms with Crippen molar-refractivity contribution in [1.82, 2.24) is 5.32 Å². The fourth-order valence-corrected chi connectivity index (χ4v) is 1.92. The van der Waals surface area contributed by atoms with Gasteiger partial charge in [-0.1, -0.05) is 18.2 Å². The minimum Gasteiger partial charge on any atom is -0.493 e. The van der Waals surface area contributed by atoms with Crippen molar-refractivity contribution >= 4 is 11.9 Å². The molecule has 22 heavy (non-hydrogen) atoms.